The summed E-state index contributed by atoms with van der Waals surface area (Å²) in [5.74, 6) is 0. The lowest BCUT2D eigenvalue weighted by molar-refractivity contribution is 0.421. The van der Waals surface area contributed by atoms with E-state index in [9.17, 15) is 0 Å². The molecule has 0 aliphatic heterocycles. The largest absolute Gasteiger partial charge is 0.487 e. The van der Waals surface area contributed by atoms with Crippen LogP contribution in [-0.2, 0) is 6.42 Å². The van der Waals surface area contributed by atoms with Crippen molar-refractivity contribution in [2.75, 3.05) is 7.11 Å². The van der Waals surface area contributed by atoms with Crippen molar-refractivity contribution in [3.8, 4) is 5.06 Å². The zero-order valence-corrected chi connectivity index (χ0v) is 9.06. The molecule has 0 amide bonds. The smallest absolute Gasteiger partial charge is 0.176 e. The SMILES string of the molecule is CCCCCc1ccsc1OC.[N]. The first-order valence-corrected chi connectivity index (χ1v) is 5.36. The number of thiophene rings is 1. The quantitative estimate of drug-likeness (QED) is 0.670. The van der Waals surface area contributed by atoms with Gasteiger partial charge in [-0.15, -0.1) is 11.3 Å². The van der Waals surface area contributed by atoms with Gasteiger partial charge in [-0.05, 0) is 24.3 Å². The van der Waals surface area contributed by atoms with Gasteiger partial charge < -0.3 is 4.74 Å². The summed E-state index contributed by atoms with van der Waals surface area (Å²) in [4.78, 5) is 0. The molecule has 1 aromatic rings. The second kappa shape index (κ2) is 6.92. The fraction of sp³-hybridized carbons (Fsp3) is 0.600. The number of ether oxygens (including phenoxy) is 1. The van der Waals surface area contributed by atoms with Crippen molar-refractivity contribution in [2.24, 2.45) is 0 Å². The third kappa shape index (κ3) is 3.79. The molecule has 0 aliphatic carbocycles. The summed E-state index contributed by atoms with van der Waals surface area (Å²) in [6.45, 7) is 2.23. The number of aryl methyl sites for hydroxylation is 1. The molecule has 0 aromatic carbocycles. The lowest BCUT2D eigenvalue weighted by Crippen LogP contribution is -1.87. The van der Waals surface area contributed by atoms with Gasteiger partial charge in [-0.25, -0.2) is 0 Å². The van der Waals surface area contributed by atoms with E-state index in [2.05, 4.69) is 18.4 Å². The summed E-state index contributed by atoms with van der Waals surface area (Å²) in [7, 11) is 1.75. The van der Waals surface area contributed by atoms with E-state index in [1.165, 1.54) is 31.2 Å². The molecule has 1 rings (SSSR count). The highest BCUT2D eigenvalue weighted by atomic mass is 32.1. The third-order valence-electron chi connectivity index (χ3n) is 1.94. The van der Waals surface area contributed by atoms with Crippen molar-refractivity contribution in [1.29, 1.82) is 0 Å². The zero-order chi connectivity index (χ0) is 8.81. The summed E-state index contributed by atoms with van der Waals surface area (Å²) in [5, 5.41) is 3.19. The Balaban J connectivity index is 0.00000144. The number of rotatable bonds is 5. The van der Waals surface area contributed by atoms with E-state index in [4.69, 9.17) is 4.74 Å². The molecule has 1 aromatic heterocycles. The fourth-order valence-electron chi connectivity index (χ4n) is 1.25. The minimum absolute atomic E-state index is 0. The first kappa shape index (κ1) is 12.5. The molecule has 0 spiro atoms. The summed E-state index contributed by atoms with van der Waals surface area (Å²) in [5.41, 5.74) is 1.37. The number of nitrogens with zero attached hydrogens (tertiary/aromatic N) is 1. The summed E-state index contributed by atoms with van der Waals surface area (Å²) >= 11 is 1.69. The van der Waals surface area contributed by atoms with Crippen LogP contribution in [-0.4, -0.2) is 7.11 Å². The van der Waals surface area contributed by atoms with Crippen molar-refractivity contribution >= 4 is 11.3 Å². The highest BCUT2D eigenvalue weighted by molar-refractivity contribution is 7.12. The summed E-state index contributed by atoms with van der Waals surface area (Å²) in [6.07, 6.45) is 5.05. The van der Waals surface area contributed by atoms with Crippen LogP contribution in [0.2, 0.25) is 0 Å². The van der Waals surface area contributed by atoms with Crippen LogP contribution in [0.3, 0.4) is 0 Å². The molecule has 13 heavy (non-hydrogen) atoms. The second-order valence-corrected chi connectivity index (χ2v) is 3.77. The van der Waals surface area contributed by atoms with E-state index in [0.717, 1.165) is 5.06 Å². The van der Waals surface area contributed by atoms with Crippen molar-refractivity contribution in [1.82, 2.24) is 6.15 Å². The highest BCUT2D eigenvalue weighted by Gasteiger charge is 2.02. The predicted octanol–water partition coefficient (Wildman–Crippen LogP) is 3.01. The minimum Gasteiger partial charge on any atom is -0.487 e. The third-order valence-corrected chi connectivity index (χ3v) is 2.86. The molecule has 0 saturated heterocycles. The summed E-state index contributed by atoms with van der Waals surface area (Å²) < 4.78 is 5.23. The number of unbranched alkanes of at least 4 members (excludes halogenated alkanes) is 2. The Hall–Kier alpha value is -0.540. The maximum absolute atomic E-state index is 5.23. The van der Waals surface area contributed by atoms with Crippen molar-refractivity contribution in [3.63, 3.8) is 0 Å². The topological polar surface area (TPSA) is 39.7 Å². The van der Waals surface area contributed by atoms with Gasteiger partial charge in [0.1, 0.15) is 0 Å². The van der Waals surface area contributed by atoms with Crippen LogP contribution in [0.25, 0.3) is 0 Å². The Labute approximate surface area is 84.5 Å². The highest BCUT2D eigenvalue weighted by Crippen LogP contribution is 2.26. The molecular weight excluding hydrogens is 182 g/mol. The molecule has 0 atom stereocenters. The summed E-state index contributed by atoms with van der Waals surface area (Å²) in [6, 6.07) is 2.17. The van der Waals surface area contributed by atoms with E-state index < -0.39 is 0 Å². The maximum Gasteiger partial charge on any atom is 0.176 e. The molecule has 3 heteroatoms. The normalized spacial score (nSPS) is 9.38. The minimum atomic E-state index is 0. The lowest BCUT2D eigenvalue weighted by atomic mass is 10.1. The maximum atomic E-state index is 5.23. The van der Waals surface area contributed by atoms with Crippen molar-refractivity contribution in [3.05, 3.63) is 17.0 Å². The van der Waals surface area contributed by atoms with Gasteiger partial charge in [0.2, 0.25) is 0 Å². The van der Waals surface area contributed by atoms with Gasteiger partial charge in [-0.1, -0.05) is 19.8 Å². The number of hydrogen-bond donors (Lipinski definition) is 0. The standard InChI is InChI=1S/C10H16OS.N/c1-3-4-5-6-9-7-8-12-10(9)11-2;/h7-8H,3-6H2,1-2H3;. The number of hydrogen-bond acceptors (Lipinski definition) is 2. The molecule has 0 unspecified atom stereocenters. The van der Waals surface area contributed by atoms with E-state index in [0.29, 0.717) is 0 Å². The molecule has 3 radical (unpaired) electrons. The number of methoxy groups -OCH3 is 1. The van der Waals surface area contributed by atoms with Gasteiger partial charge in [-0.3, -0.25) is 0 Å². The fourth-order valence-corrected chi connectivity index (χ4v) is 2.03. The second-order valence-electron chi connectivity index (χ2n) is 2.89. The van der Waals surface area contributed by atoms with E-state index in [1.54, 1.807) is 18.4 Å². The Morgan fingerprint density at radius 3 is 2.77 bits per heavy atom. The molecule has 0 aliphatic rings. The van der Waals surface area contributed by atoms with Gasteiger partial charge in [0.05, 0.1) is 7.11 Å². The Bertz CT molecular complexity index is 222. The van der Waals surface area contributed by atoms with Gasteiger partial charge in [0.15, 0.2) is 5.06 Å². The van der Waals surface area contributed by atoms with Gasteiger partial charge in [0.25, 0.3) is 0 Å². The molecule has 0 N–H and O–H groups in total. The van der Waals surface area contributed by atoms with Crippen LogP contribution in [0, 0.1) is 0 Å². The average Bonchev–Trinajstić information content (AvgIpc) is 2.52. The van der Waals surface area contributed by atoms with E-state index in [-0.39, 0.29) is 6.15 Å². The Morgan fingerprint density at radius 1 is 1.38 bits per heavy atom. The lowest BCUT2D eigenvalue weighted by Gasteiger charge is -2.00. The zero-order valence-electron chi connectivity index (χ0n) is 8.25. The van der Waals surface area contributed by atoms with Crippen molar-refractivity contribution in [2.45, 2.75) is 32.6 Å². The predicted molar refractivity (Wildman–Crippen MR) is 56.2 cm³/mol. The first-order chi connectivity index (χ1) is 5.88. The van der Waals surface area contributed by atoms with Crippen LogP contribution in [0.5, 0.6) is 5.06 Å². The van der Waals surface area contributed by atoms with Crippen LogP contribution >= 0.6 is 11.3 Å². The van der Waals surface area contributed by atoms with Gasteiger partial charge >= 0.3 is 0 Å². The van der Waals surface area contributed by atoms with Crippen LogP contribution in [0.15, 0.2) is 11.4 Å². The molecule has 1 heterocycles. The first-order valence-electron chi connectivity index (χ1n) is 4.48. The average molecular weight is 198 g/mol. The monoisotopic (exact) mass is 198 g/mol. The Morgan fingerprint density at radius 2 is 2.15 bits per heavy atom. The van der Waals surface area contributed by atoms with Crippen LogP contribution < -0.4 is 10.9 Å². The molecule has 0 fully saturated rings. The van der Waals surface area contributed by atoms with Gasteiger partial charge in [0, 0.05) is 11.7 Å². The van der Waals surface area contributed by atoms with Crippen LogP contribution in [0.4, 0.5) is 0 Å². The van der Waals surface area contributed by atoms with Gasteiger partial charge in [-0.2, -0.15) is 0 Å². The molecule has 2 nitrogen and oxygen atoms in total. The molecule has 73 valence electrons. The van der Waals surface area contributed by atoms with Crippen molar-refractivity contribution < 1.29 is 4.74 Å². The van der Waals surface area contributed by atoms with E-state index in [1.807, 2.05) is 0 Å². The molecular formula is C10H16NOS. The van der Waals surface area contributed by atoms with Crippen LogP contribution in [0.1, 0.15) is 31.7 Å². The molecule has 0 bridgehead atoms. The Kier molecular flexibility index (Phi) is 6.63. The molecule has 0 saturated carbocycles. The van der Waals surface area contributed by atoms with E-state index >= 15 is 0 Å².